The molecule has 0 fully saturated rings. The quantitative estimate of drug-likeness (QED) is 0.273. The van der Waals surface area contributed by atoms with E-state index < -0.39 is 30.0 Å². The highest BCUT2D eigenvalue weighted by molar-refractivity contribution is 9.28. The van der Waals surface area contributed by atoms with Crippen molar-refractivity contribution in [1.82, 2.24) is 0 Å². The molecule has 174 valence electrons. The van der Waals surface area contributed by atoms with Gasteiger partial charge in [0.15, 0.2) is 0 Å². The van der Waals surface area contributed by atoms with E-state index in [1.165, 1.54) is 6.08 Å². The fourth-order valence-electron chi connectivity index (χ4n) is 3.73. The van der Waals surface area contributed by atoms with Crippen molar-refractivity contribution in [3.05, 3.63) is 117 Å². The van der Waals surface area contributed by atoms with Crippen molar-refractivity contribution in [3.8, 4) is 0 Å². The summed E-state index contributed by atoms with van der Waals surface area (Å²) in [4.78, 5) is 0. The molecule has 0 amide bonds. The second-order valence-electron chi connectivity index (χ2n) is 7.59. The molecule has 0 saturated carbocycles. The van der Waals surface area contributed by atoms with Gasteiger partial charge in [0.2, 0.25) is 0 Å². The minimum absolute atomic E-state index is 0.303. The van der Waals surface area contributed by atoms with Crippen LogP contribution in [0.5, 0.6) is 0 Å². The van der Waals surface area contributed by atoms with Gasteiger partial charge in [-0.2, -0.15) is 0 Å². The molecule has 0 bridgehead atoms. The molecule has 7 heteroatoms. The van der Waals surface area contributed by atoms with Gasteiger partial charge < -0.3 is 25.2 Å². The maximum absolute atomic E-state index is 10.7. The second-order valence-corrected chi connectivity index (χ2v) is 10.4. The van der Waals surface area contributed by atoms with E-state index in [2.05, 4.69) is 31.9 Å². The number of ether oxygens (including phenoxy) is 1. The molecular weight excluding hydrogens is 552 g/mol. The highest BCUT2D eigenvalue weighted by atomic mass is 79.9. The average molecular weight is 578 g/mol. The first-order valence-electron chi connectivity index (χ1n) is 10.4. The first-order chi connectivity index (χ1) is 15.9. The number of aliphatic hydroxyl groups is 4. The summed E-state index contributed by atoms with van der Waals surface area (Å²) in [5.41, 5.74) is 1.45. The van der Waals surface area contributed by atoms with Crippen LogP contribution in [0.25, 0.3) is 0 Å². The minimum atomic E-state index is -1.64. The molecule has 0 heterocycles. The monoisotopic (exact) mass is 576 g/mol. The van der Waals surface area contributed by atoms with Gasteiger partial charge >= 0.3 is 0 Å². The number of hydrogen-bond acceptors (Lipinski definition) is 5. The summed E-state index contributed by atoms with van der Waals surface area (Å²) in [7, 11) is 0. The summed E-state index contributed by atoms with van der Waals surface area (Å²) in [6.07, 6.45) is -4.86. The van der Waals surface area contributed by atoms with E-state index in [0.717, 1.165) is 16.7 Å². The first-order valence-corrected chi connectivity index (χ1v) is 12.0. The van der Waals surface area contributed by atoms with E-state index in [1.807, 2.05) is 91.0 Å². The maximum atomic E-state index is 10.7. The molecule has 5 nitrogen and oxygen atoms in total. The molecular formula is C26H26Br2O5. The van der Waals surface area contributed by atoms with Gasteiger partial charge in [0.25, 0.3) is 0 Å². The Balaban J connectivity index is 1.98. The molecule has 0 aliphatic heterocycles. The SMILES string of the molecule is O[C@@H]([C@H](O)[C@H](O)COC(c1ccccc1)(c1ccccc1)c1ccccc1)[C@H](O)C=C(Br)Br. The van der Waals surface area contributed by atoms with Crippen LogP contribution in [0, 0.1) is 0 Å². The minimum Gasteiger partial charge on any atom is -0.388 e. The lowest BCUT2D eigenvalue weighted by Gasteiger charge is -2.37. The smallest absolute Gasteiger partial charge is 0.143 e. The Morgan fingerprint density at radius 3 is 1.45 bits per heavy atom. The Morgan fingerprint density at radius 1 is 0.697 bits per heavy atom. The predicted octanol–water partition coefficient (Wildman–Crippen LogP) is 4.07. The zero-order valence-corrected chi connectivity index (χ0v) is 20.9. The van der Waals surface area contributed by atoms with Crippen LogP contribution in [0.2, 0.25) is 0 Å². The molecule has 0 aliphatic rings. The third-order valence-corrected chi connectivity index (χ3v) is 5.93. The lowest BCUT2D eigenvalue weighted by Crippen LogP contribution is -2.47. The van der Waals surface area contributed by atoms with Crippen LogP contribution in [0.1, 0.15) is 16.7 Å². The summed E-state index contributed by atoms with van der Waals surface area (Å²) >= 11 is 6.20. The zero-order chi connectivity index (χ0) is 23.8. The highest BCUT2D eigenvalue weighted by Gasteiger charge is 2.39. The molecule has 4 N–H and O–H groups in total. The van der Waals surface area contributed by atoms with Gasteiger partial charge in [-0.25, -0.2) is 0 Å². The molecule has 0 spiro atoms. The Kier molecular flexibility index (Phi) is 9.40. The number of benzene rings is 3. The Bertz CT molecular complexity index is 914. The van der Waals surface area contributed by atoms with Crippen LogP contribution in [0.15, 0.2) is 100 Å². The molecule has 0 radical (unpaired) electrons. The highest BCUT2D eigenvalue weighted by Crippen LogP contribution is 2.40. The Labute approximate surface area is 210 Å². The third-order valence-electron chi connectivity index (χ3n) is 5.40. The lowest BCUT2D eigenvalue weighted by atomic mass is 9.80. The topological polar surface area (TPSA) is 90.2 Å². The number of rotatable bonds is 10. The summed E-state index contributed by atoms with van der Waals surface area (Å²) < 4.78 is 6.86. The fourth-order valence-corrected chi connectivity index (χ4v) is 4.28. The van der Waals surface area contributed by atoms with Crippen molar-refractivity contribution in [2.45, 2.75) is 30.0 Å². The van der Waals surface area contributed by atoms with Gasteiger partial charge in [-0.15, -0.1) is 0 Å². The number of hydrogen-bond donors (Lipinski definition) is 4. The molecule has 0 unspecified atom stereocenters. The van der Waals surface area contributed by atoms with E-state index in [4.69, 9.17) is 4.74 Å². The van der Waals surface area contributed by atoms with Crippen molar-refractivity contribution >= 4 is 31.9 Å². The largest absolute Gasteiger partial charge is 0.388 e. The zero-order valence-electron chi connectivity index (χ0n) is 17.7. The molecule has 4 atom stereocenters. The van der Waals surface area contributed by atoms with Crippen molar-refractivity contribution in [2.24, 2.45) is 0 Å². The molecule has 0 saturated heterocycles. The Morgan fingerprint density at radius 2 is 1.09 bits per heavy atom. The second kappa shape index (κ2) is 12.0. The average Bonchev–Trinajstić information content (AvgIpc) is 2.85. The van der Waals surface area contributed by atoms with E-state index >= 15 is 0 Å². The first kappa shape index (κ1) is 25.8. The molecule has 33 heavy (non-hydrogen) atoms. The van der Waals surface area contributed by atoms with Crippen molar-refractivity contribution in [3.63, 3.8) is 0 Å². The van der Waals surface area contributed by atoms with Crippen LogP contribution < -0.4 is 0 Å². The van der Waals surface area contributed by atoms with Crippen LogP contribution in [0.4, 0.5) is 0 Å². The van der Waals surface area contributed by atoms with Crippen LogP contribution in [0.3, 0.4) is 0 Å². The third kappa shape index (κ3) is 6.19. The number of halogens is 2. The molecule has 3 aromatic carbocycles. The van der Waals surface area contributed by atoms with Gasteiger partial charge in [0.05, 0.1) is 10.00 Å². The summed E-state index contributed by atoms with van der Waals surface area (Å²) in [5.74, 6) is 0. The van der Waals surface area contributed by atoms with Gasteiger partial charge in [0, 0.05) is 0 Å². The van der Waals surface area contributed by atoms with E-state index in [1.54, 1.807) is 0 Å². The van der Waals surface area contributed by atoms with Crippen molar-refractivity contribution in [1.29, 1.82) is 0 Å². The standard InChI is InChI=1S/C26H26Br2O5/c27-23(28)16-21(29)24(31)25(32)22(30)17-33-26(18-10-4-1-5-11-18,19-12-6-2-7-13-19)20-14-8-3-9-15-20/h1-16,21-22,24-25,29-32H,17H2/t21-,22-,24-,25-/m1/s1. The van der Waals surface area contributed by atoms with E-state index in [9.17, 15) is 20.4 Å². The maximum Gasteiger partial charge on any atom is 0.143 e. The number of aliphatic hydroxyl groups excluding tert-OH is 4. The van der Waals surface area contributed by atoms with Gasteiger partial charge in [0.1, 0.15) is 30.0 Å². The summed E-state index contributed by atoms with van der Waals surface area (Å²) in [6, 6.07) is 28.9. The molecule has 0 aliphatic carbocycles. The normalized spacial score (nSPS) is 15.3. The van der Waals surface area contributed by atoms with Gasteiger partial charge in [-0.1, -0.05) is 91.0 Å². The van der Waals surface area contributed by atoms with Crippen LogP contribution in [-0.2, 0) is 10.3 Å². The van der Waals surface area contributed by atoms with Crippen molar-refractivity contribution in [2.75, 3.05) is 6.61 Å². The predicted molar refractivity (Wildman–Crippen MR) is 135 cm³/mol. The van der Waals surface area contributed by atoms with Gasteiger partial charge in [-0.3, -0.25) is 0 Å². The van der Waals surface area contributed by atoms with Crippen molar-refractivity contribution < 1.29 is 25.2 Å². The molecule has 3 rings (SSSR count). The van der Waals surface area contributed by atoms with Crippen LogP contribution in [-0.4, -0.2) is 51.4 Å². The molecule has 3 aromatic rings. The van der Waals surface area contributed by atoms with Crippen LogP contribution >= 0.6 is 31.9 Å². The molecule has 0 aromatic heterocycles. The summed E-state index contributed by atoms with van der Waals surface area (Å²) in [6.45, 7) is -0.303. The fraction of sp³-hybridized carbons (Fsp3) is 0.231. The van der Waals surface area contributed by atoms with E-state index in [0.29, 0.717) is 3.39 Å². The summed E-state index contributed by atoms with van der Waals surface area (Å²) in [5, 5.41) is 41.5. The van der Waals surface area contributed by atoms with E-state index in [-0.39, 0.29) is 6.61 Å². The van der Waals surface area contributed by atoms with Gasteiger partial charge in [-0.05, 0) is 54.6 Å². The lowest BCUT2D eigenvalue weighted by molar-refractivity contribution is -0.127. The Hall–Kier alpha value is -1.84.